The van der Waals surface area contributed by atoms with E-state index < -0.39 is 0 Å². The highest BCUT2D eigenvalue weighted by Crippen LogP contribution is 2.43. The van der Waals surface area contributed by atoms with Gasteiger partial charge in [0.25, 0.3) is 0 Å². The van der Waals surface area contributed by atoms with Crippen molar-refractivity contribution in [2.24, 2.45) is 0 Å². The van der Waals surface area contributed by atoms with Gasteiger partial charge in [-0.2, -0.15) is 0 Å². The Morgan fingerprint density at radius 3 is 1.31 bits per heavy atom. The van der Waals surface area contributed by atoms with Crippen LogP contribution in [0.5, 0.6) is 11.5 Å². The molecule has 0 saturated heterocycles. The number of phenolic OH excluding ortho intramolecular Hbond substituents is 2. The summed E-state index contributed by atoms with van der Waals surface area (Å²) in [6, 6.07) is 31.0. The number of hydrogen-bond donors (Lipinski definition) is 4. The molecule has 0 aliphatic heterocycles. The number of phenols is 2. The molecule has 0 unspecified atom stereocenters. The van der Waals surface area contributed by atoms with Crippen molar-refractivity contribution in [3.63, 3.8) is 0 Å². The Hall–Kier alpha value is -3.22. The summed E-state index contributed by atoms with van der Waals surface area (Å²) in [7, 11) is 3.36. The van der Waals surface area contributed by atoms with Gasteiger partial charge in [0, 0.05) is 45.4 Å². The van der Waals surface area contributed by atoms with Gasteiger partial charge < -0.3 is 20.8 Å². The molecule has 0 saturated carbocycles. The van der Waals surface area contributed by atoms with Crippen molar-refractivity contribution in [1.82, 2.24) is 0 Å². The number of benzene rings is 4. The molecule has 4 aromatic carbocycles. The summed E-state index contributed by atoms with van der Waals surface area (Å²) in [5.41, 5.74) is 3.76. The van der Waals surface area contributed by atoms with Crippen molar-refractivity contribution >= 4 is 33.0 Å². The lowest BCUT2D eigenvalue weighted by molar-refractivity contribution is 0.468. The summed E-state index contributed by atoms with van der Waals surface area (Å²) in [6.07, 6.45) is 0. The van der Waals surface area contributed by atoms with Crippen LogP contribution in [0.2, 0.25) is 0 Å². The SMILES string of the molecule is Oc1ccccc1CNc1ccccc1SSc1ccccc1NCc1ccccc1O. The lowest BCUT2D eigenvalue weighted by Gasteiger charge is -2.14. The first kappa shape index (κ1) is 22.0. The van der Waals surface area contributed by atoms with E-state index in [9.17, 15) is 10.2 Å². The molecule has 4 nitrogen and oxygen atoms in total. The number of anilines is 2. The highest BCUT2D eigenvalue weighted by atomic mass is 33.1. The van der Waals surface area contributed by atoms with Crippen LogP contribution in [0, 0.1) is 0 Å². The van der Waals surface area contributed by atoms with Crippen molar-refractivity contribution in [2.75, 3.05) is 10.6 Å². The van der Waals surface area contributed by atoms with Crippen molar-refractivity contribution in [3.05, 3.63) is 108 Å². The molecule has 0 aliphatic rings. The molecule has 0 aromatic heterocycles. The maximum atomic E-state index is 10.0. The van der Waals surface area contributed by atoms with Gasteiger partial charge in [-0.3, -0.25) is 0 Å². The molecule has 4 aromatic rings. The van der Waals surface area contributed by atoms with Gasteiger partial charge in [-0.1, -0.05) is 82.3 Å². The van der Waals surface area contributed by atoms with E-state index in [0.29, 0.717) is 24.6 Å². The van der Waals surface area contributed by atoms with Crippen LogP contribution in [0.4, 0.5) is 11.4 Å². The Labute approximate surface area is 196 Å². The van der Waals surface area contributed by atoms with Gasteiger partial charge in [0.2, 0.25) is 0 Å². The number of para-hydroxylation sites is 4. The number of nitrogens with one attached hydrogen (secondary N) is 2. The molecule has 0 fully saturated rings. The number of hydrogen-bond acceptors (Lipinski definition) is 6. The fourth-order valence-corrected chi connectivity index (χ4v) is 5.48. The first-order valence-corrected chi connectivity index (χ1v) is 12.4. The van der Waals surface area contributed by atoms with Crippen LogP contribution in [0.3, 0.4) is 0 Å². The van der Waals surface area contributed by atoms with Gasteiger partial charge in [-0.15, -0.1) is 0 Å². The van der Waals surface area contributed by atoms with E-state index in [-0.39, 0.29) is 0 Å². The van der Waals surface area contributed by atoms with Crippen LogP contribution in [0.1, 0.15) is 11.1 Å². The Bertz CT molecular complexity index is 1090. The van der Waals surface area contributed by atoms with Gasteiger partial charge in [0.15, 0.2) is 0 Å². The van der Waals surface area contributed by atoms with Gasteiger partial charge >= 0.3 is 0 Å². The van der Waals surface area contributed by atoms with Gasteiger partial charge in [-0.05, 0) is 36.4 Å². The van der Waals surface area contributed by atoms with Crippen LogP contribution in [0.25, 0.3) is 0 Å². The minimum atomic E-state index is 0.295. The molecule has 0 aliphatic carbocycles. The molecule has 32 heavy (non-hydrogen) atoms. The fourth-order valence-electron chi connectivity index (χ4n) is 3.16. The van der Waals surface area contributed by atoms with Crippen molar-refractivity contribution < 1.29 is 10.2 Å². The second-order valence-electron chi connectivity index (χ2n) is 7.12. The van der Waals surface area contributed by atoms with Crippen molar-refractivity contribution in [1.29, 1.82) is 0 Å². The average Bonchev–Trinajstić information content (AvgIpc) is 2.83. The Morgan fingerprint density at radius 1 is 0.500 bits per heavy atom. The first-order valence-electron chi connectivity index (χ1n) is 10.2. The number of rotatable bonds is 9. The Kier molecular flexibility index (Phi) is 7.48. The Balaban J connectivity index is 1.42. The molecule has 0 amide bonds. The average molecular weight is 461 g/mol. The zero-order valence-corrected chi connectivity index (χ0v) is 19.0. The summed E-state index contributed by atoms with van der Waals surface area (Å²) < 4.78 is 0. The summed E-state index contributed by atoms with van der Waals surface area (Å²) in [5, 5.41) is 26.9. The van der Waals surface area contributed by atoms with Crippen LogP contribution < -0.4 is 10.6 Å². The lowest BCUT2D eigenvalue weighted by Crippen LogP contribution is -2.01. The van der Waals surface area contributed by atoms with E-state index in [1.165, 1.54) is 0 Å². The highest BCUT2D eigenvalue weighted by molar-refractivity contribution is 8.76. The zero-order valence-electron chi connectivity index (χ0n) is 17.4. The van der Waals surface area contributed by atoms with E-state index in [1.807, 2.05) is 72.8 Å². The van der Waals surface area contributed by atoms with Crippen LogP contribution in [-0.4, -0.2) is 10.2 Å². The Morgan fingerprint density at radius 2 is 0.875 bits per heavy atom. The maximum Gasteiger partial charge on any atom is 0.120 e. The quantitative estimate of drug-likeness (QED) is 0.199. The molecule has 0 radical (unpaired) electrons. The maximum absolute atomic E-state index is 10.0. The fraction of sp³-hybridized carbons (Fsp3) is 0.0769. The monoisotopic (exact) mass is 460 g/mol. The first-order chi connectivity index (χ1) is 15.7. The van der Waals surface area contributed by atoms with Crippen LogP contribution >= 0.6 is 21.6 Å². The third-order valence-corrected chi connectivity index (χ3v) is 7.40. The van der Waals surface area contributed by atoms with Crippen LogP contribution in [0.15, 0.2) is 107 Å². The molecule has 0 atom stereocenters. The second-order valence-corrected chi connectivity index (χ2v) is 9.34. The van der Waals surface area contributed by atoms with E-state index in [2.05, 4.69) is 22.8 Å². The molecule has 4 rings (SSSR count). The molecular formula is C26H24N2O2S2. The summed E-state index contributed by atoms with van der Waals surface area (Å²) in [6.45, 7) is 1.10. The summed E-state index contributed by atoms with van der Waals surface area (Å²) in [5.74, 6) is 0.591. The standard InChI is InChI=1S/C26H24N2O2S2/c29-23-13-5-1-9-19(23)17-27-21-11-3-7-15-25(21)31-32-26-16-8-4-12-22(26)28-18-20-10-2-6-14-24(20)30/h1-16,27-30H,17-18H2. The lowest BCUT2D eigenvalue weighted by atomic mass is 10.2. The van der Waals surface area contributed by atoms with Gasteiger partial charge in [-0.25, -0.2) is 0 Å². The smallest absolute Gasteiger partial charge is 0.120 e. The molecule has 4 N–H and O–H groups in total. The summed E-state index contributed by atoms with van der Waals surface area (Å²) >= 11 is 0. The van der Waals surface area contributed by atoms with Gasteiger partial charge in [0.1, 0.15) is 11.5 Å². The zero-order chi connectivity index (χ0) is 22.2. The number of aromatic hydroxyl groups is 2. The third kappa shape index (κ3) is 5.72. The predicted octanol–water partition coefficient (Wildman–Crippen LogP) is 7.12. The molecule has 162 valence electrons. The minimum Gasteiger partial charge on any atom is -0.508 e. The topological polar surface area (TPSA) is 64.5 Å². The van der Waals surface area contributed by atoms with E-state index in [0.717, 1.165) is 32.3 Å². The summed E-state index contributed by atoms with van der Waals surface area (Å²) in [4.78, 5) is 2.23. The molecule has 6 heteroatoms. The molecule has 0 bridgehead atoms. The molecule has 0 heterocycles. The largest absolute Gasteiger partial charge is 0.508 e. The minimum absolute atomic E-state index is 0.295. The van der Waals surface area contributed by atoms with Crippen LogP contribution in [-0.2, 0) is 13.1 Å². The predicted molar refractivity (Wildman–Crippen MR) is 135 cm³/mol. The highest BCUT2D eigenvalue weighted by Gasteiger charge is 2.09. The van der Waals surface area contributed by atoms with Crippen molar-refractivity contribution in [3.8, 4) is 11.5 Å². The third-order valence-electron chi connectivity index (χ3n) is 4.92. The molecular weight excluding hydrogens is 436 g/mol. The second kappa shape index (κ2) is 10.9. The van der Waals surface area contributed by atoms with Gasteiger partial charge in [0.05, 0.1) is 0 Å². The molecule has 0 spiro atoms. The van der Waals surface area contributed by atoms with E-state index in [4.69, 9.17) is 0 Å². The normalized spacial score (nSPS) is 10.6. The van der Waals surface area contributed by atoms with E-state index in [1.54, 1.807) is 33.7 Å². The van der Waals surface area contributed by atoms with E-state index >= 15 is 0 Å². The van der Waals surface area contributed by atoms with Crippen molar-refractivity contribution in [2.45, 2.75) is 22.9 Å².